The molecule has 3 nitrogen and oxygen atoms in total. The van der Waals surface area contributed by atoms with Crippen molar-refractivity contribution in [3.63, 3.8) is 0 Å². The lowest BCUT2D eigenvalue weighted by molar-refractivity contribution is 0.278. The van der Waals surface area contributed by atoms with E-state index in [-0.39, 0.29) is 6.61 Å². The van der Waals surface area contributed by atoms with E-state index in [4.69, 9.17) is 0 Å². The van der Waals surface area contributed by atoms with Crippen molar-refractivity contribution in [3.05, 3.63) is 66.4 Å². The molecule has 0 bridgehead atoms. The van der Waals surface area contributed by atoms with Gasteiger partial charge in [0.05, 0.1) is 18.0 Å². The first-order chi connectivity index (χ1) is 9.38. The summed E-state index contributed by atoms with van der Waals surface area (Å²) in [6.07, 6.45) is 0. The number of H-pyrrole nitrogens is 1. The number of benzene rings is 2. The summed E-state index contributed by atoms with van der Waals surface area (Å²) in [4.78, 5) is 7.79. The van der Waals surface area contributed by atoms with Crippen molar-refractivity contribution in [2.24, 2.45) is 0 Å². The maximum absolute atomic E-state index is 9.47. The minimum absolute atomic E-state index is 0.0515. The number of aliphatic hydroxyl groups is 1. The minimum atomic E-state index is -0.0515. The first-order valence-corrected chi connectivity index (χ1v) is 6.19. The van der Waals surface area contributed by atoms with Crippen molar-refractivity contribution in [2.45, 2.75) is 6.61 Å². The third kappa shape index (κ3) is 2.28. The first-order valence-electron chi connectivity index (χ1n) is 6.19. The van der Waals surface area contributed by atoms with E-state index in [0.717, 1.165) is 28.3 Å². The predicted molar refractivity (Wildman–Crippen MR) is 75.4 cm³/mol. The van der Waals surface area contributed by atoms with Crippen LogP contribution < -0.4 is 0 Å². The second kappa shape index (κ2) is 5.08. The molecule has 0 spiro atoms. The summed E-state index contributed by atoms with van der Waals surface area (Å²) in [5, 5.41) is 9.47. The summed E-state index contributed by atoms with van der Waals surface area (Å²) in [5.41, 5.74) is 3.57. The van der Waals surface area contributed by atoms with Gasteiger partial charge in [-0.25, -0.2) is 4.98 Å². The molecule has 0 fully saturated rings. The van der Waals surface area contributed by atoms with Gasteiger partial charge in [-0.1, -0.05) is 60.7 Å². The topological polar surface area (TPSA) is 48.9 Å². The minimum Gasteiger partial charge on any atom is -0.390 e. The lowest BCUT2D eigenvalue weighted by atomic mass is 10.1. The number of aliphatic hydroxyl groups excluding tert-OH is 1. The molecule has 1 heterocycles. The zero-order valence-electron chi connectivity index (χ0n) is 10.4. The first kappa shape index (κ1) is 11.7. The Bertz CT molecular complexity index is 660. The highest BCUT2D eigenvalue weighted by Crippen LogP contribution is 2.25. The van der Waals surface area contributed by atoms with Gasteiger partial charge in [-0.2, -0.15) is 0 Å². The summed E-state index contributed by atoms with van der Waals surface area (Å²) in [6.45, 7) is -0.0515. The van der Waals surface area contributed by atoms with Crippen LogP contribution in [0.5, 0.6) is 0 Å². The molecule has 3 aromatic rings. The quantitative estimate of drug-likeness (QED) is 0.749. The Morgan fingerprint density at radius 1 is 0.842 bits per heavy atom. The van der Waals surface area contributed by atoms with Gasteiger partial charge in [0, 0.05) is 11.1 Å². The highest BCUT2D eigenvalue weighted by atomic mass is 16.3. The molecular weight excluding hydrogens is 236 g/mol. The van der Waals surface area contributed by atoms with Gasteiger partial charge in [0.1, 0.15) is 5.82 Å². The fourth-order valence-electron chi connectivity index (χ4n) is 2.09. The number of hydrogen-bond donors (Lipinski definition) is 2. The number of aromatic nitrogens is 2. The highest BCUT2D eigenvalue weighted by Gasteiger charge is 2.12. The molecule has 0 aliphatic heterocycles. The molecule has 2 N–H and O–H groups in total. The van der Waals surface area contributed by atoms with Gasteiger partial charge in [0.15, 0.2) is 0 Å². The Kier molecular flexibility index (Phi) is 3.12. The molecule has 0 amide bonds. The van der Waals surface area contributed by atoms with E-state index in [1.807, 2.05) is 60.7 Å². The largest absolute Gasteiger partial charge is 0.390 e. The number of nitrogens with one attached hydrogen (secondary N) is 1. The lowest BCUT2D eigenvalue weighted by Gasteiger charge is -1.98. The molecule has 0 atom stereocenters. The number of hydrogen-bond acceptors (Lipinski definition) is 2. The smallest absolute Gasteiger partial charge is 0.138 e. The maximum atomic E-state index is 9.47. The van der Waals surface area contributed by atoms with Crippen molar-refractivity contribution < 1.29 is 5.11 Å². The van der Waals surface area contributed by atoms with E-state index in [0.29, 0.717) is 0 Å². The zero-order chi connectivity index (χ0) is 13.1. The molecule has 0 radical (unpaired) electrons. The molecule has 0 saturated heterocycles. The fraction of sp³-hybridized carbons (Fsp3) is 0.0625. The molecule has 94 valence electrons. The summed E-state index contributed by atoms with van der Waals surface area (Å²) in [7, 11) is 0. The molecule has 0 unspecified atom stereocenters. The maximum Gasteiger partial charge on any atom is 0.138 e. The van der Waals surface area contributed by atoms with Crippen LogP contribution >= 0.6 is 0 Å². The lowest BCUT2D eigenvalue weighted by Crippen LogP contribution is -1.87. The van der Waals surface area contributed by atoms with E-state index in [1.165, 1.54) is 0 Å². The Balaban J connectivity index is 2.09. The molecule has 0 saturated carbocycles. The van der Waals surface area contributed by atoms with Crippen LogP contribution in [-0.2, 0) is 6.61 Å². The van der Waals surface area contributed by atoms with Crippen LogP contribution in [0.2, 0.25) is 0 Å². The van der Waals surface area contributed by atoms with Crippen LogP contribution in [0, 0.1) is 0 Å². The van der Waals surface area contributed by atoms with Crippen LogP contribution in [0.25, 0.3) is 22.6 Å². The Morgan fingerprint density at radius 3 is 2.00 bits per heavy atom. The van der Waals surface area contributed by atoms with E-state index in [9.17, 15) is 5.11 Å². The zero-order valence-corrected chi connectivity index (χ0v) is 10.4. The Labute approximate surface area is 111 Å². The van der Waals surface area contributed by atoms with Crippen LogP contribution in [0.1, 0.15) is 5.69 Å². The van der Waals surface area contributed by atoms with Gasteiger partial charge >= 0.3 is 0 Å². The molecule has 3 rings (SSSR count). The van der Waals surface area contributed by atoms with Crippen molar-refractivity contribution >= 4 is 0 Å². The van der Waals surface area contributed by atoms with Crippen LogP contribution in [0.3, 0.4) is 0 Å². The average Bonchev–Trinajstić information content (AvgIpc) is 2.93. The highest BCUT2D eigenvalue weighted by molar-refractivity contribution is 5.67. The normalized spacial score (nSPS) is 10.6. The second-order valence-corrected chi connectivity index (χ2v) is 4.30. The number of imidazole rings is 1. The SMILES string of the molecule is OCc1[nH]c(-c2ccccc2)nc1-c1ccccc1. The third-order valence-electron chi connectivity index (χ3n) is 3.03. The van der Waals surface area contributed by atoms with Crippen LogP contribution in [0.4, 0.5) is 0 Å². The van der Waals surface area contributed by atoms with E-state index < -0.39 is 0 Å². The van der Waals surface area contributed by atoms with E-state index in [2.05, 4.69) is 9.97 Å². The number of rotatable bonds is 3. The van der Waals surface area contributed by atoms with Gasteiger partial charge < -0.3 is 10.1 Å². The van der Waals surface area contributed by atoms with E-state index >= 15 is 0 Å². The van der Waals surface area contributed by atoms with Gasteiger partial charge in [-0.3, -0.25) is 0 Å². The number of aromatic amines is 1. The van der Waals surface area contributed by atoms with Crippen molar-refractivity contribution in [3.8, 4) is 22.6 Å². The molecule has 19 heavy (non-hydrogen) atoms. The van der Waals surface area contributed by atoms with Crippen molar-refractivity contribution in [1.29, 1.82) is 0 Å². The van der Waals surface area contributed by atoms with Gasteiger partial charge in [-0.15, -0.1) is 0 Å². The summed E-state index contributed by atoms with van der Waals surface area (Å²) >= 11 is 0. The van der Waals surface area contributed by atoms with Crippen LogP contribution in [0.15, 0.2) is 60.7 Å². The monoisotopic (exact) mass is 250 g/mol. The molecule has 0 aliphatic carbocycles. The van der Waals surface area contributed by atoms with Crippen molar-refractivity contribution in [2.75, 3.05) is 0 Å². The Morgan fingerprint density at radius 2 is 1.42 bits per heavy atom. The molecule has 3 heteroatoms. The molecule has 1 aromatic heterocycles. The van der Waals surface area contributed by atoms with Gasteiger partial charge in [-0.05, 0) is 0 Å². The predicted octanol–water partition coefficient (Wildman–Crippen LogP) is 3.24. The van der Waals surface area contributed by atoms with Gasteiger partial charge in [0.25, 0.3) is 0 Å². The third-order valence-corrected chi connectivity index (χ3v) is 3.03. The fourth-order valence-corrected chi connectivity index (χ4v) is 2.09. The molecular formula is C16H14N2O. The summed E-state index contributed by atoms with van der Waals surface area (Å²) in [5.74, 6) is 0.781. The van der Waals surface area contributed by atoms with E-state index in [1.54, 1.807) is 0 Å². The average molecular weight is 250 g/mol. The number of nitrogens with zero attached hydrogens (tertiary/aromatic N) is 1. The van der Waals surface area contributed by atoms with Crippen molar-refractivity contribution in [1.82, 2.24) is 9.97 Å². The second-order valence-electron chi connectivity index (χ2n) is 4.30. The summed E-state index contributed by atoms with van der Waals surface area (Å²) in [6, 6.07) is 19.8. The Hall–Kier alpha value is -2.39. The standard InChI is InChI=1S/C16H14N2O/c19-11-14-15(12-7-3-1-4-8-12)18-16(17-14)13-9-5-2-6-10-13/h1-10,19H,11H2,(H,17,18). The molecule has 2 aromatic carbocycles. The van der Waals surface area contributed by atoms with Gasteiger partial charge in [0.2, 0.25) is 0 Å². The summed E-state index contributed by atoms with van der Waals surface area (Å²) < 4.78 is 0. The van der Waals surface area contributed by atoms with Crippen LogP contribution in [-0.4, -0.2) is 15.1 Å². The molecule has 0 aliphatic rings.